The standard InChI is InChI=1S/C24H27N3O5/c1-24(14-27(31)23(30)16-8-4-3-5-9-16)15-32-20(21(24)28)13-25-22(29)19-12-17-10-6-7-11-18(17)26(19)2/h3-12,20-21,28,31H,13-15H2,1-2H3,(H,25,29)/t20-,21-,24-/m1/s1. The molecule has 0 radical (unpaired) electrons. The molecule has 3 atom stereocenters. The Hall–Kier alpha value is -3.20. The second-order valence-corrected chi connectivity index (χ2v) is 8.53. The van der Waals surface area contributed by atoms with Gasteiger partial charge in [-0.15, -0.1) is 0 Å². The number of aryl methyl sites for hydroxylation is 1. The van der Waals surface area contributed by atoms with Crippen LogP contribution in [0.3, 0.4) is 0 Å². The lowest BCUT2D eigenvalue weighted by Crippen LogP contribution is -2.47. The topological polar surface area (TPSA) is 104 Å². The molecule has 0 saturated carbocycles. The van der Waals surface area contributed by atoms with Gasteiger partial charge in [-0.25, -0.2) is 5.06 Å². The van der Waals surface area contributed by atoms with E-state index in [1.807, 2.05) is 41.9 Å². The van der Waals surface area contributed by atoms with Crippen molar-refractivity contribution >= 4 is 22.7 Å². The highest BCUT2D eigenvalue weighted by Gasteiger charge is 2.47. The van der Waals surface area contributed by atoms with Crippen LogP contribution in [0.15, 0.2) is 60.7 Å². The molecule has 1 aromatic heterocycles. The molecule has 32 heavy (non-hydrogen) atoms. The summed E-state index contributed by atoms with van der Waals surface area (Å²) in [5, 5.41) is 25.5. The van der Waals surface area contributed by atoms with Gasteiger partial charge in [0.25, 0.3) is 11.8 Å². The number of nitrogens with one attached hydrogen (secondary N) is 1. The monoisotopic (exact) mass is 437 g/mol. The lowest BCUT2D eigenvalue weighted by atomic mass is 9.84. The van der Waals surface area contributed by atoms with Gasteiger partial charge in [0.05, 0.1) is 19.3 Å². The smallest absolute Gasteiger partial charge is 0.277 e. The maximum Gasteiger partial charge on any atom is 0.277 e. The van der Waals surface area contributed by atoms with Gasteiger partial charge in [-0.3, -0.25) is 14.8 Å². The van der Waals surface area contributed by atoms with E-state index in [0.29, 0.717) is 16.3 Å². The molecule has 168 valence electrons. The lowest BCUT2D eigenvalue weighted by Gasteiger charge is -2.31. The van der Waals surface area contributed by atoms with Crippen LogP contribution in [0.1, 0.15) is 27.8 Å². The SMILES string of the molecule is Cn1c(C(=O)NC[C@H]2OC[C@@](C)(CN(O)C(=O)c3ccccc3)[C@@H]2O)cc2ccccc21. The maximum absolute atomic E-state index is 12.7. The molecule has 2 amide bonds. The largest absolute Gasteiger partial charge is 0.390 e. The van der Waals surface area contributed by atoms with Crippen molar-refractivity contribution in [1.29, 1.82) is 0 Å². The van der Waals surface area contributed by atoms with E-state index < -0.39 is 23.5 Å². The van der Waals surface area contributed by atoms with E-state index in [0.717, 1.165) is 10.9 Å². The van der Waals surface area contributed by atoms with Gasteiger partial charge >= 0.3 is 0 Å². The highest BCUT2D eigenvalue weighted by atomic mass is 16.5. The van der Waals surface area contributed by atoms with Gasteiger partial charge in [-0.1, -0.05) is 43.3 Å². The van der Waals surface area contributed by atoms with Crippen molar-refractivity contribution in [2.24, 2.45) is 12.5 Å². The maximum atomic E-state index is 12.7. The number of aliphatic hydroxyl groups excluding tert-OH is 1. The molecule has 2 heterocycles. The summed E-state index contributed by atoms with van der Waals surface area (Å²) in [7, 11) is 1.83. The summed E-state index contributed by atoms with van der Waals surface area (Å²) in [6.45, 7) is 1.89. The van der Waals surface area contributed by atoms with Gasteiger partial charge in [0.1, 0.15) is 11.8 Å². The fourth-order valence-electron chi connectivity index (χ4n) is 4.17. The van der Waals surface area contributed by atoms with E-state index in [1.54, 1.807) is 37.3 Å². The Morgan fingerprint density at radius 2 is 1.88 bits per heavy atom. The Bertz CT molecular complexity index is 1130. The van der Waals surface area contributed by atoms with Crippen LogP contribution >= 0.6 is 0 Å². The van der Waals surface area contributed by atoms with Crippen molar-refractivity contribution < 1.29 is 24.6 Å². The van der Waals surface area contributed by atoms with E-state index in [-0.39, 0.29) is 25.6 Å². The second-order valence-electron chi connectivity index (χ2n) is 8.53. The predicted octanol–water partition coefficient (Wildman–Crippen LogP) is 2.21. The summed E-state index contributed by atoms with van der Waals surface area (Å²) in [5.74, 6) is -0.817. The molecular weight excluding hydrogens is 410 g/mol. The summed E-state index contributed by atoms with van der Waals surface area (Å²) in [4.78, 5) is 25.2. The summed E-state index contributed by atoms with van der Waals surface area (Å²) in [6, 6.07) is 18.0. The average Bonchev–Trinajstić information content (AvgIpc) is 3.29. The van der Waals surface area contributed by atoms with Gasteiger partial charge in [-0.2, -0.15) is 0 Å². The number of benzene rings is 2. The molecule has 0 spiro atoms. The van der Waals surface area contributed by atoms with Crippen molar-refractivity contribution in [3.63, 3.8) is 0 Å². The third-order valence-electron chi connectivity index (χ3n) is 6.11. The molecule has 4 rings (SSSR count). The number of ether oxygens (including phenoxy) is 1. The summed E-state index contributed by atoms with van der Waals surface area (Å²) in [5.41, 5.74) is 0.935. The predicted molar refractivity (Wildman–Crippen MR) is 118 cm³/mol. The highest BCUT2D eigenvalue weighted by Crippen LogP contribution is 2.33. The van der Waals surface area contributed by atoms with Crippen LogP contribution in [-0.2, 0) is 11.8 Å². The zero-order valence-electron chi connectivity index (χ0n) is 18.1. The fraction of sp³-hybridized carbons (Fsp3) is 0.333. The third kappa shape index (κ3) is 4.12. The number of para-hydroxylation sites is 1. The Balaban J connectivity index is 1.37. The number of hydrogen-bond acceptors (Lipinski definition) is 5. The van der Waals surface area contributed by atoms with E-state index in [9.17, 15) is 19.9 Å². The minimum absolute atomic E-state index is 0.102. The van der Waals surface area contributed by atoms with Crippen molar-refractivity contribution in [3.05, 3.63) is 71.9 Å². The molecule has 3 aromatic rings. The van der Waals surface area contributed by atoms with Crippen LogP contribution in [0.2, 0.25) is 0 Å². The van der Waals surface area contributed by atoms with E-state index in [4.69, 9.17) is 4.74 Å². The normalized spacial score (nSPS) is 22.8. The molecule has 8 nitrogen and oxygen atoms in total. The first-order valence-corrected chi connectivity index (χ1v) is 10.5. The average molecular weight is 437 g/mol. The first-order valence-electron chi connectivity index (χ1n) is 10.5. The Morgan fingerprint density at radius 3 is 2.59 bits per heavy atom. The second kappa shape index (κ2) is 8.74. The van der Waals surface area contributed by atoms with Crippen LogP contribution in [0, 0.1) is 5.41 Å². The van der Waals surface area contributed by atoms with E-state index >= 15 is 0 Å². The van der Waals surface area contributed by atoms with Crippen LogP contribution in [0.5, 0.6) is 0 Å². The minimum atomic E-state index is -0.978. The molecule has 3 N–H and O–H groups in total. The molecule has 1 aliphatic heterocycles. The first kappa shape index (κ1) is 22.0. The van der Waals surface area contributed by atoms with Crippen LogP contribution < -0.4 is 5.32 Å². The number of rotatable bonds is 6. The van der Waals surface area contributed by atoms with Crippen LogP contribution in [-0.4, -0.2) is 63.7 Å². The summed E-state index contributed by atoms with van der Waals surface area (Å²) in [6.07, 6.45) is -1.63. The molecule has 8 heteroatoms. The van der Waals surface area contributed by atoms with Gasteiger partial charge in [0.15, 0.2) is 0 Å². The number of carbonyl (C=O) groups is 2. The molecule has 1 fully saturated rings. The number of nitrogens with zero attached hydrogens (tertiary/aromatic N) is 2. The molecule has 2 aromatic carbocycles. The Kier molecular flexibility index (Phi) is 6.01. The highest BCUT2D eigenvalue weighted by molar-refractivity contribution is 5.98. The first-order chi connectivity index (χ1) is 15.3. The van der Waals surface area contributed by atoms with Crippen LogP contribution in [0.4, 0.5) is 0 Å². The van der Waals surface area contributed by atoms with Crippen LogP contribution in [0.25, 0.3) is 10.9 Å². The number of amides is 2. The van der Waals surface area contributed by atoms with Crippen molar-refractivity contribution in [2.45, 2.75) is 19.1 Å². The fourth-order valence-corrected chi connectivity index (χ4v) is 4.17. The number of hydroxylamine groups is 2. The van der Waals surface area contributed by atoms with Crippen molar-refractivity contribution in [3.8, 4) is 0 Å². The number of carbonyl (C=O) groups excluding carboxylic acids is 2. The van der Waals surface area contributed by atoms with Gasteiger partial charge < -0.3 is 19.7 Å². The molecule has 0 unspecified atom stereocenters. The Labute approximate surface area is 186 Å². The van der Waals surface area contributed by atoms with E-state index in [2.05, 4.69) is 5.32 Å². The molecule has 1 aliphatic rings. The Morgan fingerprint density at radius 1 is 1.19 bits per heavy atom. The molecule has 0 bridgehead atoms. The molecule has 0 aliphatic carbocycles. The summed E-state index contributed by atoms with van der Waals surface area (Å²) >= 11 is 0. The van der Waals surface area contributed by atoms with Gasteiger partial charge in [0.2, 0.25) is 0 Å². The minimum Gasteiger partial charge on any atom is -0.390 e. The molecular formula is C24H27N3O5. The number of aromatic nitrogens is 1. The third-order valence-corrected chi connectivity index (χ3v) is 6.11. The zero-order valence-corrected chi connectivity index (χ0v) is 18.1. The number of hydrogen-bond donors (Lipinski definition) is 3. The summed E-state index contributed by atoms with van der Waals surface area (Å²) < 4.78 is 7.54. The van der Waals surface area contributed by atoms with Crippen molar-refractivity contribution in [2.75, 3.05) is 19.7 Å². The molecule has 1 saturated heterocycles. The van der Waals surface area contributed by atoms with Crippen molar-refractivity contribution in [1.82, 2.24) is 14.9 Å². The zero-order chi connectivity index (χ0) is 22.9. The van der Waals surface area contributed by atoms with E-state index in [1.165, 1.54) is 0 Å². The van der Waals surface area contributed by atoms with Gasteiger partial charge in [0, 0.05) is 35.5 Å². The lowest BCUT2D eigenvalue weighted by molar-refractivity contribution is -0.0940. The van der Waals surface area contributed by atoms with Gasteiger partial charge in [-0.05, 0) is 24.3 Å². The number of fused-ring (bicyclic) bond motifs is 1. The number of aliphatic hydroxyl groups is 1. The quantitative estimate of drug-likeness (QED) is 0.405.